The Kier molecular flexibility index (Phi) is 7.96. The Bertz CT molecular complexity index is 981. The summed E-state index contributed by atoms with van der Waals surface area (Å²) in [4.78, 5) is 38.3. The van der Waals surface area contributed by atoms with E-state index in [2.05, 4.69) is 20.4 Å². The van der Waals surface area contributed by atoms with Crippen LogP contribution in [0.1, 0.15) is 6.42 Å². The molecule has 1 fully saturated rings. The first-order chi connectivity index (χ1) is 15.3. The van der Waals surface area contributed by atoms with Crippen molar-refractivity contribution in [3.05, 3.63) is 63.4 Å². The van der Waals surface area contributed by atoms with Gasteiger partial charge < -0.3 is 15.5 Å². The number of benzene rings is 2. The first kappa shape index (κ1) is 23.4. The van der Waals surface area contributed by atoms with Gasteiger partial charge in [0.05, 0.1) is 4.92 Å². The highest BCUT2D eigenvalue weighted by Gasteiger charge is 2.19. The lowest BCUT2D eigenvalue weighted by Gasteiger charge is -2.36. The van der Waals surface area contributed by atoms with Crippen LogP contribution >= 0.6 is 11.6 Å². The van der Waals surface area contributed by atoms with Crippen molar-refractivity contribution in [2.75, 3.05) is 49.5 Å². The number of carbonyl (C=O) groups is 2. The highest BCUT2D eigenvalue weighted by atomic mass is 35.5. The number of nitro groups is 1. The summed E-state index contributed by atoms with van der Waals surface area (Å²) in [5.41, 5.74) is 0.329. The second-order valence-corrected chi connectivity index (χ2v) is 7.73. The molecule has 1 saturated heterocycles. The van der Waals surface area contributed by atoms with Gasteiger partial charge in [0.1, 0.15) is 0 Å². The summed E-state index contributed by atoms with van der Waals surface area (Å²) in [6.45, 7) is 4.65. The van der Waals surface area contributed by atoms with Crippen LogP contribution in [-0.2, 0) is 9.59 Å². The zero-order chi connectivity index (χ0) is 23.1. The van der Waals surface area contributed by atoms with E-state index in [0.717, 1.165) is 56.6 Å². The Morgan fingerprint density at radius 1 is 1.06 bits per heavy atom. The van der Waals surface area contributed by atoms with Crippen LogP contribution in [0.3, 0.4) is 0 Å². The van der Waals surface area contributed by atoms with Crippen molar-refractivity contribution in [3.63, 3.8) is 0 Å². The van der Waals surface area contributed by atoms with E-state index in [1.165, 1.54) is 0 Å². The minimum atomic E-state index is -1.02. The van der Waals surface area contributed by atoms with E-state index < -0.39 is 28.2 Å². The van der Waals surface area contributed by atoms with Gasteiger partial charge in [0, 0.05) is 55.2 Å². The molecule has 0 bridgehead atoms. The lowest BCUT2D eigenvalue weighted by molar-refractivity contribution is -0.387. The Labute approximate surface area is 189 Å². The summed E-state index contributed by atoms with van der Waals surface area (Å²) in [7, 11) is 0. The number of hydrogen-bond donors (Lipinski definition) is 2. The number of hydrogen-bond acceptors (Lipinski definition) is 6. The maximum absolute atomic E-state index is 13.4. The first-order valence-corrected chi connectivity index (χ1v) is 10.5. The van der Waals surface area contributed by atoms with Gasteiger partial charge in [-0.2, -0.15) is 4.39 Å². The average molecular weight is 464 g/mol. The van der Waals surface area contributed by atoms with Gasteiger partial charge in [-0.1, -0.05) is 11.6 Å². The largest absolute Gasteiger partial charge is 0.369 e. The zero-order valence-electron chi connectivity index (χ0n) is 17.2. The number of nitrogens with zero attached hydrogens (tertiary/aromatic N) is 3. The normalized spacial score (nSPS) is 14.1. The van der Waals surface area contributed by atoms with Gasteiger partial charge in [0.25, 0.3) is 0 Å². The molecule has 0 atom stereocenters. The monoisotopic (exact) mass is 463 g/mol. The van der Waals surface area contributed by atoms with Gasteiger partial charge in [0.15, 0.2) is 0 Å². The van der Waals surface area contributed by atoms with E-state index in [-0.39, 0.29) is 5.69 Å². The molecule has 9 nitrogen and oxygen atoms in total. The summed E-state index contributed by atoms with van der Waals surface area (Å²) < 4.78 is 13.4. The van der Waals surface area contributed by atoms with Crippen molar-refractivity contribution >= 4 is 40.5 Å². The molecule has 0 radical (unpaired) electrons. The first-order valence-electron chi connectivity index (χ1n) is 10.1. The molecule has 1 aliphatic rings. The third kappa shape index (κ3) is 6.38. The predicted molar refractivity (Wildman–Crippen MR) is 119 cm³/mol. The standard InChI is InChI=1S/C21H23ClFN5O4/c22-15-2-5-17(6-3-15)27-12-10-26(11-13-27)9-1-8-24-20(29)21(30)25-16-4-7-18(23)19(14-16)28(31)32/h2-7,14H,1,8-13H2,(H,24,29)(H,25,30). The molecule has 11 heteroatoms. The SMILES string of the molecule is O=C(NCCCN1CCN(c2ccc(Cl)cc2)CC1)C(=O)Nc1ccc(F)c([N+](=O)[O-])c1. The molecule has 0 unspecified atom stereocenters. The van der Waals surface area contributed by atoms with Gasteiger partial charge in [-0.15, -0.1) is 0 Å². The van der Waals surface area contributed by atoms with E-state index >= 15 is 0 Å². The van der Waals surface area contributed by atoms with E-state index in [0.29, 0.717) is 18.0 Å². The van der Waals surface area contributed by atoms with Gasteiger partial charge in [-0.3, -0.25) is 24.6 Å². The summed E-state index contributed by atoms with van der Waals surface area (Å²) in [6, 6.07) is 10.6. The van der Waals surface area contributed by atoms with Crippen molar-refractivity contribution in [3.8, 4) is 0 Å². The maximum atomic E-state index is 13.4. The fraction of sp³-hybridized carbons (Fsp3) is 0.333. The lowest BCUT2D eigenvalue weighted by Crippen LogP contribution is -2.47. The summed E-state index contributed by atoms with van der Waals surface area (Å²) in [5, 5.41) is 16.2. The second kappa shape index (κ2) is 10.9. The summed E-state index contributed by atoms with van der Waals surface area (Å²) in [5.74, 6) is -2.85. The number of nitro benzene ring substituents is 1. The van der Waals surface area contributed by atoms with Gasteiger partial charge in [0.2, 0.25) is 5.82 Å². The van der Waals surface area contributed by atoms with E-state index in [9.17, 15) is 24.1 Å². The molecule has 2 amide bonds. The molecule has 2 aromatic carbocycles. The number of amides is 2. The van der Waals surface area contributed by atoms with Gasteiger partial charge in [-0.25, -0.2) is 0 Å². The molecular formula is C21H23ClFN5O4. The fourth-order valence-electron chi connectivity index (χ4n) is 3.38. The Balaban J connectivity index is 1.35. The van der Waals surface area contributed by atoms with Crippen LogP contribution in [0.2, 0.25) is 5.02 Å². The van der Waals surface area contributed by atoms with Crippen LogP contribution in [0.5, 0.6) is 0 Å². The number of halogens is 2. The number of piperazine rings is 1. The summed E-state index contributed by atoms with van der Waals surface area (Å²) >= 11 is 5.93. The quantitative estimate of drug-likeness (QED) is 0.283. The predicted octanol–water partition coefficient (Wildman–Crippen LogP) is 2.65. The minimum Gasteiger partial charge on any atom is -0.369 e. The highest BCUT2D eigenvalue weighted by Crippen LogP contribution is 2.22. The fourth-order valence-corrected chi connectivity index (χ4v) is 3.51. The molecule has 1 heterocycles. The molecule has 170 valence electrons. The van der Waals surface area contributed by atoms with Crippen molar-refractivity contribution in [1.29, 1.82) is 0 Å². The maximum Gasteiger partial charge on any atom is 0.313 e. The van der Waals surface area contributed by atoms with Crippen LogP contribution in [0, 0.1) is 15.9 Å². The van der Waals surface area contributed by atoms with E-state index in [1.807, 2.05) is 24.3 Å². The number of nitrogens with one attached hydrogen (secondary N) is 2. The third-order valence-electron chi connectivity index (χ3n) is 5.11. The molecule has 0 saturated carbocycles. The highest BCUT2D eigenvalue weighted by molar-refractivity contribution is 6.39. The smallest absolute Gasteiger partial charge is 0.313 e. The third-order valence-corrected chi connectivity index (χ3v) is 5.36. The Morgan fingerprint density at radius 2 is 1.75 bits per heavy atom. The van der Waals surface area contributed by atoms with Crippen LogP contribution in [-0.4, -0.2) is 60.9 Å². The Hall–Kier alpha value is -3.24. The van der Waals surface area contributed by atoms with Gasteiger partial charge in [-0.05, 0) is 49.4 Å². The van der Waals surface area contributed by atoms with Crippen molar-refractivity contribution in [2.45, 2.75) is 6.42 Å². The molecular weight excluding hydrogens is 441 g/mol. The molecule has 0 aliphatic carbocycles. The Morgan fingerprint density at radius 3 is 2.41 bits per heavy atom. The van der Waals surface area contributed by atoms with Gasteiger partial charge >= 0.3 is 17.5 Å². The van der Waals surface area contributed by atoms with Crippen molar-refractivity contribution in [1.82, 2.24) is 10.2 Å². The molecule has 1 aliphatic heterocycles. The van der Waals surface area contributed by atoms with Crippen LogP contribution in [0.25, 0.3) is 0 Å². The van der Waals surface area contributed by atoms with Crippen LogP contribution in [0.4, 0.5) is 21.5 Å². The van der Waals surface area contributed by atoms with E-state index in [4.69, 9.17) is 11.6 Å². The van der Waals surface area contributed by atoms with Crippen LogP contribution < -0.4 is 15.5 Å². The topological polar surface area (TPSA) is 108 Å². The molecule has 0 spiro atoms. The molecule has 32 heavy (non-hydrogen) atoms. The van der Waals surface area contributed by atoms with Crippen molar-refractivity contribution < 1.29 is 18.9 Å². The minimum absolute atomic E-state index is 0.0307. The molecule has 3 rings (SSSR count). The number of carbonyl (C=O) groups excluding carboxylic acids is 2. The second-order valence-electron chi connectivity index (χ2n) is 7.29. The molecule has 2 N–H and O–H groups in total. The lowest BCUT2D eigenvalue weighted by atomic mass is 10.2. The number of anilines is 2. The molecule has 2 aromatic rings. The van der Waals surface area contributed by atoms with Crippen LogP contribution in [0.15, 0.2) is 42.5 Å². The van der Waals surface area contributed by atoms with E-state index in [1.54, 1.807) is 0 Å². The van der Waals surface area contributed by atoms with Crippen molar-refractivity contribution in [2.24, 2.45) is 0 Å². The molecule has 0 aromatic heterocycles. The zero-order valence-corrected chi connectivity index (χ0v) is 18.0. The average Bonchev–Trinajstić information content (AvgIpc) is 2.78. The summed E-state index contributed by atoms with van der Waals surface area (Å²) in [6.07, 6.45) is 0.669. The number of rotatable bonds is 7.